The Morgan fingerprint density at radius 3 is 2.67 bits per heavy atom. The third-order valence-electron chi connectivity index (χ3n) is 2.85. The van der Waals surface area contributed by atoms with Crippen molar-refractivity contribution in [2.24, 2.45) is 0 Å². The molecule has 2 N–H and O–H groups in total. The Balaban J connectivity index is 2.62. The van der Waals surface area contributed by atoms with Crippen molar-refractivity contribution < 1.29 is 14.6 Å². The van der Waals surface area contributed by atoms with Gasteiger partial charge in [0.25, 0.3) is 0 Å². The third kappa shape index (κ3) is 4.25. The summed E-state index contributed by atoms with van der Waals surface area (Å²) in [5.41, 5.74) is 2.61. The van der Waals surface area contributed by atoms with Crippen molar-refractivity contribution in [1.29, 1.82) is 0 Å². The lowest BCUT2D eigenvalue weighted by Crippen LogP contribution is -2.35. The van der Waals surface area contributed by atoms with Crippen LogP contribution in [0.5, 0.6) is 0 Å². The molecule has 102 valence electrons. The SMILES string of the molecule is COCCN(CCO)CC(=O)c1cc(C)[nH]c1C. The lowest BCUT2D eigenvalue weighted by Gasteiger charge is -2.19. The summed E-state index contributed by atoms with van der Waals surface area (Å²) in [4.78, 5) is 17.2. The number of nitrogens with one attached hydrogen (secondary N) is 1. The van der Waals surface area contributed by atoms with Crippen molar-refractivity contribution in [3.05, 3.63) is 23.0 Å². The molecule has 18 heavy (non-hydrogen) atoms. The number of ether oxygens (including phenoxy) is 1. The van der Waals surface area contributed by atoms with Gasteiger partial charge >= 0.3 is 0 Å². The van der Waals surface area contributed by atoms with Crippen LogP contribution >= 0.6 is 0 Å². The fourth-order valence-electron chi connectivity index (χ4n) is 1.93. The number of aryl methyl sites for hydroxylation is 2. The van der Waals surface area contributed by atoms with E-state index in [9.17, 15) is 4.79 Å². The molecule has 0 radical (unpaired) electrons. The lowest BCUT2D eigenvalue weighted by atomic mass is 10.1. The van der Waals surface area contributed by atoms with Gasteiger partial charge in [0, 0.05) is 37.2 Å². The van der Waals surface area contributed by atoms with Gasteiger partial charge in [-0.05, 0) is 19.9 Å². The number of methoxy groups -OCH3 is 1. The van der Waals surface area contributed by atoms with Gasteiger partial charge < -0.3 is 14.8 Å². The number of hydrogen-bond donors (Lipinski definition) is 2. The van der Waals surface area contributed by atoms with Crippen molar-refractivity contribution in [2.45, 2.75) is 13.8 Å². The average Bonchev–Trinajstić information content (AvgIpc) is 2.65. The minimum absolute atomic E-state index is 0.0438. The highest BCUT2D eigenvalue weighted by atomic mass is 16.5. The Morgan fingerprint density at radius 1 is 1.44 bits per heavy atom. The van der Waals surface area contributed by atoms with Crippen molar-refractivity contribution in [3.8, 4) is 0 Å². The van der Waals surface area contributed by atoms with E-state index in [-0.39, 0.29) is 12.4 Å². The summed E-state index contributed by atoms with van der Waals surface area (Å²) in [5, 5.41) is 8.98. The molecule has 0 aliphatic carbocycles. The predicted octanol–water partition coefficient (Wildman–Crippen LogP) is 0.755. The summed E-state index contributed by atoms with van der Waals surface area (Å²) < 4.78 is 4.99. The van der Waals surface area contributed by atoms with Crippen LogP contribution in [-0.2, 0) is 4.74 Å². The molecular formula is C13H22N2O3. The number of aliphatic hydroxyl groups is 1. The van der Waals surface area contributed by atoms with Gasteiger partial charge in [-0.15, -0.1) is 0 Å². The number of nitrogens with zero attached hydrogens (tertiary/aromatic N) is 1. The minimum Gasteiger partial charge on any atom is -0.395 e. The van der Waals surface area contributed by atoms with E-state index in [0.29, 0.717) is 26.2 Å². The maximum atomic E-state index is 12.1. The van der Waals surface area contributed by atoms with Crippen molar-refractivity contribution in [2.75, 3.05) is 40.0 Å². The molecule has 1 aromatic rings. The fourth-order valence-corrected chi connectivity index (χ4v) is 1.93. The van der Waals surface area contributed by atoms with E-state index in [1.54, 1.807) is 7.11 Å². The maximum absolute atomic E-state index is 12.1. The Bertz CT molecular complexity index is 388. The van der Waals surface area contributed by atoms with E-state index >= 15 is 0 Å². The monoisotopic (exact) mass is 254 g/mol. The molecule has 1 aromatic heterocycles. The number of carbonyl (C=O) groups is 1. The summed E-state index contributed by atoms with van der Waals surface area (Å²) in [5.74, 6) is 0.0707. The second-order valence-electron chi connectivity index (χ2n) is 4.41. The van der Waals surface area contributed by atoms with Gasteiger partial charge in [-0.1, -0.05) is 0 Å². The van der Waals surface area contributed by atoms with Crippen LogP contribution < -0.4 is 0 Å². The number of aliphatic hydroxyl groups excluding tert-OH is 1. The van der Waals surface area contributed by atoms with E-state index < -0.39 is 0 Å². The second kappa shape index (κ2) is 7.31. The summed E-state index contributed by atoms with van der Waals surface area (Å²) in [7, 11) is 1.62. The molecular weight excluding hydrogens is 232 g/mol. The van der Waals surface area contributed by atoms with E-state index in [2.05, 4.69) is 4.98 Å². The highest BCUT2D eigenvalue weighted by Gasteiger charge is 2.15. The number of rotatable bonds is 8. The number of carbonyl (C=O) groups excluding carboxylic acids is 1. The molecule has 0 unspecified atom stereocenters. The molecule has 0 bridgehead atoms. The first kappa shape index (κ1) is 14.9. The molecule has 5 nitrogen and oxygen atoms in total. The van der Waals surface area contributed by atoms with E-state index in [1.165, 1.54) is 0 Å². The van der Waals surface area contributed by atoms with Crippen LogP contribution in [0.25, 0.3) is 0 Å². The first-order valence-corrected chi connectivity index (χ1v) is 6.10. The van der Waals surface area contributed by atoms with Gasteiger partial charge in [-0.25, -0.2) is 0 Å². The Hall–Kier alpha value is -1.17. The molecule has 1 heterocycles. The minimum atomic E-state index is 0.0438. The first-order chi connectivity index (χ1) is 8.58. The Kier molecular flexibility index (Phi) is 6.04. The number of H-pyrrole nitrogens is 1. The number of ketones is 1. The summed E-state index contributed by atoms with van der Waals surface area (Å²) in [6.07, 6.45) is 0. The molecule has 5 heteroatoms. The smallest absolute Gasteiger partial charge is 0.178 e. The van der Waals surface area contributed by atoms with E-state index in [1.807, 2.05) is 24.8 Å². The van der Waals surface area contributed by atoms with Crippen LogP contribution in [0.2, 0.25) is 0 Å². The molecule has 1 rings (SSSR count). The lowest BCUT2D eigenvalue weighted by molar-refractivity contribution is 0.0868. The largest absolute Gasteiger partial charge is 0.395 e. The van der Waals surface area contributed by atoms with Crippen molar-refractivity contribution >= 4 is 5.78 Å². The van der Waals surface area contributed by atoms with E-state index in [0.717, 1.165) is 17.0 Å². The zero-order chi connectivity index (χ0) is 13.5. The van der Waals surface area contributed by atoms with Crippen molar-refractivity contribution in [3.63, 3.8) is 0 Å². The van der Waals surface area contributed by atoms with Crippen LogP contribution in [0.15, 0.2) is 6.07 Å². The zero-order valence-corrected chi connectivity index (χ0v) is 11.3. The van der Waals surface area contributed by atoms with Gasteiger partial charge in [-0.2, -0.15) is 0 Å². The molecule has 0 aromatic carbocycles. The highest BCUT2D eigenvalue weighted by Crippen LogP contribution is 2.10. The summed E-state index contributed by atoms with van der Waals surface area (Å²) >= 11 is 0. The number of aromatic nitrogens is 1. The Labute approximate surface area is 108 Å². The van der Waals surface area contributed by atoms with Crippen LogP contribution in [0.3, 0.4) is 0 Å². The summed E-state index contributed by atoms with van der Waals surface area (Å²) in [6, 6.07) is 1.87. The van der Waals surface area contributed by atoms with Gasteiger partial charge in [0.2, 0.25) is 0 Å². The molecule has 0 aliphatic heterocycles. The quantitative estimate of drug-likeness (QED) is 0.672. The van der Waals surface area contributed by atoms with Crippen LogP contribution in [0, 0.1) is 13.8 Å². The van der Waals surface area contributed by atoms with Crippen molar-refractivity contribution in [1.82, 2.24) is 9.88 Å². The molecule has 0 atom stereocenters. The molecule has 0 saturated carbocycles. The van der Waals surface area contributed by atoms with Gasteiger partial charge in [-0.3, -0.25) is 9.69 Å². The topological polar surface area (TPSA) is 65.6 Å². The van der Waals surface area contributed by atoms with Gasteiger partial charge in [0.05, 0.1) is 19.8 Å². The number of Topliss-reactive ketones (excluding diaryl/α,β-unsaturated/α-hetero) is 1. The zero-order valence-electron chi connectivity index (χ0n) is 11.3. The number of aromatic amines is 1. The molecule has 0 fully saturated rings. The standard InChI is InChI=1S/C13H22N2O3/c1-10-8-12(11(2)14-10)13(17)9-15(4-6-16)5-7-18-3/h8,14,16H,4-7,9H2,1-3H3. The number of hydrogen-bond acceptors (Lipinski definition) is 4. The molecule has 0 saturated heterocycles. The fraction of sp³-hybridized carbons (Fsp3) is 0.615. The van der Waals surface area contributed by atoms with Crippen LogP contribution in [-0.4, -0.2) is 60.7 Å². The summed E-state index contributed by atoms with van der Waals surface area (Å²) in [6.45, 7) is 5.86. The average molecular weight is 254 g/mol. The van der Waals surface area contributed by atoms with Crippen LogP contribution in [0.4, 0.5) is 0 Å². The highest BCUT2D eigenvalue weighted by molar-refractivity contribution is 5.98. The van der Waals surface area contributed by atoms with Gasteiger partial charge in [0.15, 0.2) is 5.78 Å². The third-order valence-corrected chi connectivity index (χ3v) is 2.85. The van der Waals surface area contributed by atoms with Crippen LogP contribution in [0.1, 0.15) is 21.7 Å². The normalized spacial score (nSPS) is 11.2. The predicted molar refractivity (Wildman–Crippen MR) is 70.0 cm³/mol. The molecule has 0 spiro atoms. The Morgan fingerprint density at radius 2 is 2.17 bits per heavy atom. The maximum Gasteiger partial charge on any atom is 0.178 e. The first-order valence-electron chi connectivity index (χ1n) is 6.10. The van der Waals surface area contributed by atoms with E-state index in [4.69, 9.17) is 9.84 Å². The van der Waals surface area contributed by atoms with Gasteiger partial charge in [0.1, 0.15) is 0 Å². The second-order valence-corrected chi connectivity index (χ2v) is 4.41. The molecule has 0 amide bonds. The molecule has 0 aliphatic rings.